The molecule has 0 saturated carbocycles. The number of amides is 2. The Morgan fingerprint density at radius 2 is 1.77 bits per heavy atom. The lowest BCUT2D eigenvalue weighted by Gasteiger charge is -2.25. The van der Waals surface area contributed by atoms with Crippen molar-refractivity contribution in [3.05, 3.63) is 82.4 Å². The molecule has 0 atom stereocenters. The van der Waals surface area contributed by atoms with E-state index in [4.69, 9.17) is 0 Å². The van der Waals surface area contributed by atoms with Gasteiger partial charge in [-0.3, -0.25) is 14.5 Å². The van der Waals surface area contributed by atoms with E-state index in [9.17, 15) is 9.59 Å². The van der Waals surface area contributed by atoms with Crippen LogP contribution >= 0.6 is 11.3 Å². The lowest BCUT2D eigenvalue weighted by Crippen LogP contribution is -2.29. The maximum Gasteiger partial charge on any atom is 0.251 e. The average molecular weight is 435 g/mol. The zero-order valence-electron chi connectivity index (χ0n) is 17.3. The molecule has 0 fully saturated rings. The van der Waals surface area contributed by atoms with Crippen molar-refractivity contribution in [2.24, 2.45) is 0 Å². The van der Waals surface area contributed by atoms with Crippen LogP contribution in [0.5, 0.6) is 0 Å². The van der Waals surface area contributed by atoms with Crippen LogP contribution in [0.25, 0.3) is 0 Å². The van der Waals surface area contributed by atoms with Gasteiger partial charge in [-0.2, -0.15) is 0 Å². The molecule has 1 aliphatic heterocycles. The Hall–Kier alpha value is -3.03. The second-order valence-electron chi connectivity index (χ2n) is 7.61. The number of hydrogen-bond acceptors (Lipinski definition) is 5. The summed E-state index contributed by atoms with van der Waals surface area (Å²) in [6, 6.07) is 19.5. The molecule has 0 aliphatic carbocycles. The van der Waals surface area contributed by atoms with Gasteiger partial charge in [0.15, 0.2) is 5.13 Å². The molecule has 1 aliphatic rings. The summed E-state index contributed by atoms with van der Waals surface area (Å²) in [5.74, 6) is -0.185. The highest BCUT2D eigenvalue weighted by atomic mass is 32.1. The molecule has 3 aromatic rings. The average Bonchev–Trinajstić information content (AvgIpc) is 3.19. The van der Waals surface area contributed by atoms with Crippen LogP contribution in [0.1, 0.15) is 39.3 Å². The van der Waals surface area contributed by atoms with Crippen LogP contribution in [0, 0.1) is 0 Å². The Kier molecular flexibility index (Phi) is 7.07. The van der Waals surface area contributed by atoms with Crippen LogP contribution < -0.4 is 10.6 Å². The summed E-state index contributed by atoms with van der Waals surface area (Å²) in [5, 5.41) is 6.44. The number of carbonyl (C=O) groups excluding carboxylic acids is 2. The van der Waals surface area contributed by atoms with E-state index < -0.39 is 0 Å². The molecule has 1 aromatic heterocycles. The van der Waals surface area contributed by atoms with Crippen molar-refractivity contribution >= 4 is 28.3 Å². The smallest absolute Gasteiger partial charge is 0.251 e. The molecule has 4 rings (SSSR count). The highest BCUT2D eigenvalue weighted by Crippen LogP contribution is 2.29. The highest BCUT2D eigenvalue weighted by Gasteiger charge is 2.21. The quantitative estimate of drug-likeness (QED) is 0.528. The van der Waals surface area contributed by atoms with Crippen LogP contribution in [0.15, 0.2) is 60.7 Å². The highest BCUT2D eigenvalue weighted by molar-refractivity contribution is 7.15. The van der Waals surface area contributed by atoms with E-state index in [1.54, 1.807) is 23.5 Å². The van der Waals surface area contributed by atoms with E-state index in [0.717, 1.165) is 31.7 Å². The first kappa shape index (κ1) is 21.2. The molecule has 2 amide bonds. The van der Waals surface area contributed by atoms with Crippen LogP contribution in [-0.4, -0.2) is 34.8 Å². The monoisotopic (exact) mass is 434 g/mol. The summed E-state index contributed by atoms with van der Waals surface area (Å²) in [5.41, 5.74) is 3.03. The van der Waals surface area contributed by atoms with Crippen molar-refractivity contribution in [2.45, 2.75) is 32.4 Å². The summed E-state index contributed by atoms with van der Waals surface area (Å²) in [4.78, 5) is 32.5. The summed E-state index contributed by atoms with van der Waals surface area (Å²) >= 11 is 1.56. The number of hydrogen-bond donors (Lipinski definition) is 2. The van der Waals surface area contributed by atoms with Crippen molar-refractivity contribution < 1.29 is 9.59 Å². The first-order valence-corrected chi connectivity index (χ1v) is 11.4. The van der Waals surface area contributed by atoms with E-state index in [1.165, 1.54) is 10.4 Å². The fourth-order valence-electron chi connectivity index (χ4n) is 3.60. The van der Waals surface area contributed by atoms with Crippen molar-refractivity contribution in [1.82, 2.24) is 15.2 Å². The molecular formula is C24H26N4O2S. The van der Waals surface area contributed by atoms with Gasteiger partial charge in [-0.05, 0) is 24.1 Å². The number of fused-ring (bicyclic) bond motifs is 1. The standard InChI is InChI=1S/C24H26N4O2S/c29-22(12-7-14-25-23(30)19-10-5-2-6-11-19)27-24-26-20-13-15-28(17-21(20)31-24)16-18-8-3-1-4-9-18/h1-6,8-11H,7,12-17H2,(H,25,30)(H,26,27,29). The third-order valence-corrected chi connectivity index (χ3v) is 6.21. The zero-order valence-corrected chi connectivity index (χ0v) is 18.2. The van der Waals surface area contributed by atoms with Crippen LogP contribution in [-0.2, 0) is 24.3 Å². The van der Waals surface area contributed by atoms with Crippen LogP contribution in [0.2, 0.25) is 0 Å². The molecule has 2 N–H and O–H groups in total. The van der Waals surface area contributed by atoms with Gasteiger partial charge < -0.3 is 10.6 Å². The van der Waals surface area contributed by atoms with Gasteiger partial charge in [0.05, 0.1) is 5.69 Å². The first-order chi connectivity index (χ1) is 15.2. The second-order valence-corrected chi connectivity index (χ2v) is 8.69. The molecule has 0 radical (unpaired) electrons. The molecule has 2 aromatic carbocycles. The van der Waals surface area contributed by atoms with E-state index >= 15 is 0 Å². The van der Waals surface area contributed by atoms with Crippen LogP contribution in [0.3, 0.4) is 0 Å². The zero-order chi connectivity index (χ0) is 21.5. The van der Waals surface area contributed by atoms with E-state index in [2.05, 4.69) is 44.8 Å². The number of rotatable bonds is 8. The predicted molar refractivity (Wildman–Crippen MR) is 123 cm³/mol. The van der Waals surface area contributed by atoms with E-state index in [-0.39, 0.29) is 11.8 Å². The topological polar surface area (TPSA) is 74.3 Å². The Bertz CT molecular complexity index is 1020. The number of nitrogens with zero attached hydrogens (tertiary/aromatic N) is 2. The van der Waals surface area contributed by atoms with E-state index in [1.807, 2.05) is 24.3 Å². The predicted octanol–water partition coefficient (Wildman–Crippen LogP) is 3.85. The normalized spacial score (nSPS) is 13.4. The number of carbonyl (C=O) groups is 2. The lowest BCUT2D eigenvalue weighted by atomic mass is 10.1. The van der Waals surface area contributed by atoms with Gasteiger partial charge in [0.25, 0.3) is 5.91 Å². The molecule has 160 valence electrons. The van der Waals surface area contributed by atoms with Crippen molar-refractivity contribution in [2.75, 3.05) is 18.4 Å². The summed E-state index contributed by atoms with van der Waals surface area (Å²) in [6.45, 7) is 3.22. The molecule has 0 bridgehead atoms. The largest absolute Gasteiger partial charge is 0.352 e. The fourth-order valence-corrected chi connectivity index (χ4v) is 4.67. The molecular weight excluding hydrogens is 408 g/mol. The Balaban J connectivity index is 1.21. The van der Waals surface area contributed by atoms with Crippen molar-refractivity contribution in [3.8, 4) is 0 Å². The summed E-state index contributed by atoms with van der Waals surface area (Å²) in [6.07, 6.45) is 1.83. The van der Waals surface area contributed by atoms with Gasteiger partial charge in [-0.15, -0.1) is 11.3 Å². The first-order valence-electron chi connectivity index (χ1n) is 10.6. The third-order valence-electron chi connectivity index (χ3n) is 5.21. The van der Waals surface area contributed by atoms with Crippen molar-refractivity contribution in [3.63, 3.8) is 0 Å². The number of nitrogens with one attached hydrogen (secondary N) is 2. The molecule has 0 spiro atoms. The van der Waals surface area contributed by atoms with Gasteiger partial charge in [0.2, 0.25) is 5.91 Å². The molecule has 2 heterocycles. The van der Waals surface area contributed by atoms with Gasteiger partial charge in [0.1, 0.15) is 0 Å². The lowest BCUT2D eigenvalue weighted by molar-refractivity contribution is -0.116. The van der Waals surface area contributed by atoms with Gasteiger partial charge in [-0.25, -0.2) is 4.98 Å². The Morgan fingerprint density at radius 3 is 2.55 bits per heavy atom. The number of benzene rings is 2. The molecule has 0 saturated heterocycles. The minimum Gasteiger partial charge on any atom is -0.352 e. The van der Waals surface area contributed by atoms with Gasteiger partial charge in [-0.1, -0.05) is 48.5 Å². The number of anilines is 1. The fraction of sp³-hybridized carbons (Fsp3) is 0.292. The van der Waals surface area contributed by atoms with Gasteiger partial charge in [0, 0.05) is 49.5 Å². The molecule has 6 nitrogen and oxygen atoms in total. The minimum absolute atomic E-state index is 0.0683. The Morgan fingerprint density at radius 1 is 1.03 bits per heavy atom. The molecule has 31 heavy (non-hydrogen) atoms. The SMILES string of the molecule is O=C(CCCNC(=O)c1ccccc1)Nc1nc2c(s1)CN(Cc1ccccc1)CC2. The van der Waals surface area contributed by atoms with Gasteiger partial charge >= 0.3 is 0 Å². The third kappa shape index (κ3) is 5.99. The summed E-state index contributed by atoms with van der Waals surface area (Å²) in [7, 11) is 0. The number of thiazole rings is 1. The second kappa shape index (κ2) is 10.3. The van der Waals surface area contributed by atoms with Crippen LogP contribution in [0.4, 0.5) is 5.13 Å². The summed E-state index contributed by atoms with van der Waals surface area (Å²) < 4.78 is 0. The maximum absolute atomic E-state index is 12.3. The Labute approximate surface area is 186 Å². The minimum atomic E-state index is -0.117. The number of aromatic nitrogens is 1. The van der Waals surface area contributed by atoms with E-state index in [0.29, 0.717) is 30.1 Å². The molecule has 0 unspecified atom stereocenters. The van der Waals surface area contributed by atoms with Crippen molar-refractivity contribution in [1.29, 1.82) is 0 Å². The molecule has 7 heteroatoms. The maximum atomic E-state index is 12.3.